The van der Waals surface area contributed by atoms with Gasteiger partial charge in [-0.15, -0.1) is 5.10 Å². The predicted molar refractivity (Wildman–Crippen MR) is 115 cm³/mol. The quantitative estimate of drug-likeness (QED) is 0.517. The fraction of sp³-hybridized carbons (Fsp3) is 0.125. The van der Waals surface area contributed by atoms with E-state index in [0.717, 1.165) is 16.8 Å². The first kappa shape index (κ1) is 19.5. The molecule has 0 aliphatic carbocycles. The molecular weight excluding hydrogens is 376 g/mol. The average Bonchev–Trinajstić information content (AvgIpc) is 3.25. The van der Waals surface area contributed by atoms with Gasteiger partial charge in [-0.2, -0.15) is 0 Å². The zero-order valence-electron chi connectivity index (χ0n) is 16.4. The van der Waals surface area contributed by atoms with Gasteiger partial charge in [0.05, 0.1) is 12.3 Å². The van der Waals surface area contributed by atoms with E-state index in [1.807, 2.05) is 91.0 Å². The molecule has 4 aromatic rings. The Labute approximate surface area is 175 Å². The lowest BCUT2D eigenvalue weighted by atomic mass is 10.1. The molecule has 0 saturated heterocycles. The number of carbonyl (C=O) groups is 1. The molecule has 4 rings (SSSR count). The number of aliphatic hydroxyl groups excluding tert-OH is 1. The number of nitrogens with zero attached hydrogens (tertiary/aromatic N) is 4. The summed E-state index contributed by atoms with van der Waals surface area (Å²) < 4.78 is 1.68. The van der Waals surface area contributed by atoms with Crippen molar-refractivity contribution < 1.29 is 9.90 Å². The topological polar surface area (TPSA) is 71.2 Å². The zero-order chi connectivity index (χ0) is 20.8. The molecule has 3 aromatic carbocycles. The Morgan fingerprint density at radius 3 is 2.10 bits per heavy atom. The van der Waals surface area contributed by atoms with Gasteiger partial charge in [0, 0.05) is 18.7 Å². The van der Waals surface area contributed by atoms with Crippen molar-refractivity contribution in [3.63, 3.8) is 0 Å². The second kappa shape index (κ2) is 9.15. The SMILES string of the molecule is O=C(c1nnn(-c2ccccc2)c1-c1ccccc1)N(CCO)Cc1ccccc1. The van der Waals surface area contributed by atoms with Crippen molar-refractivity contribution in [1.29, 1.82) is 0 Å². The van der Waals surface area contributed by atoms with Gasteiger partial charge in [-0.1, -0.05) is 84.1 Å². The van der Waals surface area contributed by atoms with Crippen LogP contribution in [-0.4, -0.2) is 44.1 Å². The van der Waals surface area contributed by atoms with Crippen LogP contribution in [-0.2, 0) is 6.54 Å². The third-order valence-electron chi connectivity index (χ3n) is 4.79. The number of rotatable bonds is 7. The minimum Gasteiger partial charge on any atom is -0.395 e. The maximum atomic E-state index is 13.5. The Balaban J connectivity index is 1.77. The minimum atomic E-state index is -0.270. The van der Waals surface area contributed by atoms with Crippen molar-refractivity contribution in [2.75, 3.05) is 13.2 Å². The molecule has 1 amide bonds. The number of aromatic nitrogens is 3. The van der Waals surface area contributed by atoms with Gasteiger partial charge >= 0.3 is 0 Å². The Bertz CT molecular complexity index is 1100. The van der Waals surface area contributed by atoms with Crippen LogP contribution in [0.4, 0.5) is 0 Å². The molecule has 0 unspecified atom stereocenters. The molecule has 1 aromatic heterocycles. The third-order valence-corrected chi connectivity index (χ3v) is 4.79. The fourth-order valence-electron chi connectivity index (χ4n) is 3.36. The van der Waals surface area contributed by atoms with E-state index in [4.69, 9.17) is 0 Å². The van der Waals surface area contributed by atoms with Gasteiger partial charge in [-0.3, -0.25) is 4.79 Å². The van der Waals surface area contributed by atoms with Crippen LogP contribution in [0.5, 0.6) is 0 Å². The van der Waals surface area contributed by atoms with Crippen LogP contribution in [0.15, 0.2) is 91.0 Å². The predicted octanol–water partition coefficient (Wildman–Crippen LogP) is 3.57. The van der Waals surface area contributed by atoms with E-state index in [1.54, 1.807) is 9.58 Å². The number of amides is 1. The van der Waals surface area contributed by atoms with Crippen LogP contribution in [0.1, 0.15) is 16.1 Å². The number of aliphatic hydroxyl groups is 1. The Morgan fingerprint density at radius 2 is 1.47 bits per heavy atom. The molecule has 6 nitrogen and oxygen atoms in total. The van der Waals surface area contributed by atoms with E-state index in [9.17, 15) is 9.90 Å². The molecule has 0 radical (unpaired) electrons. The molecule has 6 heteroatoms. The summed E-state index contributed by atoms with van der Waals surface area (Å²) in [5.41, 5.74) is 3.53. The van der Waals surface area contributed by atoms with Crippen LogP contribution >= 0.6 is 0 Å². The van der Waals surface area contributed by atoms with Crippen LogP contribution in [0.25, 0.3) is 16.9 Å². The minimum absolute atomic E-state index is 0.133. The highest BCUT2D eigenvalue weighted by Gasteiger charge is 2.26. The molecule has 0 bridgehead atoms. The van der Waals surface area contributed by atoms with Crippen molar-refractivity contribution in [1.82, 2.24) is 19.9 Å². The second-order valence-corrected chi connectivity index (χ2v) is 6.84. The van der Waals surface area contributed by atoms with E-state index in [-0.39, 0.29) is 24.8 Å². The number of hydrogen-bond donors (Lipinski definition) is 1. The number of para-hydroxylation sites is 1. The van der Waals surface area contributed by atoms with E-state index in [0.29, 0.717) is 12.2 Å². The lowest BCUT2D eigenvalue weighted by molar-refractivity contribution is 0.0702. The first-order chi connectivity index (χ1) is 14.8. The number of carbonyl (C=O) groups excluding carboxylic acids is 1. The van der Waals surface area contributed by atoms with Gasteiger partial charge in [-0.05, 0) is 17.7 Å². The standard InChI is InChI=1S/C24H22N4O2/c29-17-16-27(18-19-10-4-1-5-11-19)24(30)22-23(20-12-6-2-7-13-20)28(26-25-22)21-14-8-3-9-15-21/h1-15,29H,16-18H2. The normalized spacial score (nSPS) is 10.7. The molecule has 150 valence electrons. The van der Waals surface area contributed by atoms with Crippen molar-refractivity contribution in [3.8, 4) is 16.9 Å². The monoisotopic (exact) mass is 398 g/mol. The summed E-state index contributed by atoms with van der Waals surface area (Å²) in [6.45, 7) is 0.457. The van der Waals surface area contributed by atoms with Gasteiger partial charge in [-0.25, -0.2) is 4.68 Å². The molecule has 0 aliphatic rings. The molecule has 30 heavy (non-hydrogen) atoms. The van der Waals surface area contributed by atoms with Crippen molar-refractivity contribution >= 4 is 5.91 Å². The summed E-state index contributed by atoms with van der Waals surface area (Å²) in [5, 5.41) is 18.1. The van der Waals surface area contributed by atoms with Gasteiger partial charge < -0.3 is 10.0 Å². The van der Waals surface area contributed by atoms with Crippen molar-refractivity contribution in [2.24, 2.45) is 0 Å². The highest BCUT2D eigenvalue weighted by Crippen LogP contribution is 2.26. The summed E-state index contributed by atoms with van der Waals surface area (Å²) in [7, 11) is 0. The maximum Gasteiger partial charge on any atom is 0.277 e. The molecule has 1 heterocycles. The lowest BCUT2D eigenvalue weighted by Crippen LogP contribution is -2.33. The third kappa shape index (κ3) is 4.14. The first-order valence-corrected chi connectivity index (χ1v) is 9.78. The van der Waals surface area contributed by atoms with E-state index in [1.165, 1.54) is 0 Å². The largest absolute Gasteiger partial charge is 0.395 e. The van der Waals surface area contributed by atoms with Crippen molar-refractivity contribution in [2.45, 2.75) is 6.54 Å². The smallest absolute Gasteiger partial charge is 0.277 e. The van der Waals surface area contributed by atoms with Crippen LogP contribution in [0.3, 0.4) is 0 Å². The molecular formula is C24H22N4O2. The van der Waals surface area contributed by atoms with Crippen molar-refractivity contribution in [3.05, 3.63) is 102 Å². The molecule has 0 fully saturated rings. The summed E-state index contributed by atoms with van der Waals surface area (Å²) in [4.78, 5) is 15.1. The van der Waals surface area contributed by atoms with Crippen LogP contribution in [0, 0.1) is 0 Å². The van der Waals surface area contributed by atoms with Crippen LogP contribution in [0.2, 0.25) is 0 Å². The highest BCUT2D eigenvalue weighted by molar-refractivity contribution is 5.98. The van der Waals surface area contributed by atoms with E-state index < -0.39 is 0 Å². The van der Waals surface area contributed by atoms with E-state index >= 15 is 0 Å². The average molecular weight is 398 g/mol. The van der Waals surface area contributed by atoms with Gasteiger partial charge in [0.25, 0.3) is 5.91 Å². The summed E-state index contributed by atoms with van der Waals surface area (Å²) >= 11 is 0. The highest BCUT2D eigenvalue weighted by atomic mass is 16.3. The van der Waals surface area contributed by atoms with Gasteiger partial charge in [0.2, 0.25) is 0 Å². The Kier molecular flexibility index (Phi) is 5.96. The summed E-state index contributed by atoms with van der Waals surface area (Å²) in [6, 6.07) is 28.9. The Hall–Kier alpha value is -3.77. The molecule has 0 atom stereocenters. The van der Waals surface area contributed by atoms with Crippen LogP contribution < -0.4 is 0 Å². The second-order valence-electron chi connectivity index (χ2n) is 6.84. The molecule has 1 N–H and O–H groups in total. The number of hydrogen-bond acceptors (Lipinski definition) is 4. The zero-order valence-corrected chi connectivity index (χ0v) is 16.4. The Morgan fingerprint density at radius 1 is 0.867 bits per heavy atom. The number of benzene rings is 3. The maximum absolute atomic E-state index is 13.5. The van der Waals surface area contributed by atoms with E-state index in [2.05, 4.69) is 10.3 Å². The summed E-state index contributed by atoms with van der Waals surface area (Å²) in [5.74, 6) is -0.270. The van der Waals surface area contributed by atoms with Gasteiger partial charge in [0.15, 0.2) is 5.69 Å². The lowest BCUT2D eigenvalue weighted by Gasteiger charge is -2.21. The molecule has 0 spiro atoms. The fourth-order valence-corrected chi connectivity index (χ4v) is 3.36. The van der Waals surface area contributed by atoms with Gasteiger partial charge in [0.1, 0.15) is 5.69 Å². The molecule has 0 aliphatic heterocycles. The molecule has 0 saturated carbocycles. The summed E-state index contributed by atoms with van der Waals surface area (Å²) in [6.07, 6.45) is 0. The first-order valence-electron chi connectivity index (χ1n) is 9.78.